The smallest absolute Gasteiger partial charge is 0.306 e. The first-order chi connectivity index (χ1) is 25.2. The Balaban J connectivity index is 1.04. The highest BCUT2D eigenvalue weighted by molar-refractivity contribution is 6.34. The molecule has 0 unspecified atom stereocenters. The monoisotopic (exact) mass is 716 g/mol. The summed E-state index contributed by atoms with van der Waals surface area (Å²) in [5.74, 6) is 0.226. The zero-order valence-electron chi connectivity index (χ0n) is 29.3. The number of aromatic nitrogens is 3. The molecule has 2 saturated heterocycles. The molecule has 0 aliphatic carbocycles. The average molecular weight is 717 g/mol. The fourth-order valence-corrected chi connectivity index (χ4v) is 7.97. The number of hydrogen-bond acceptors (Lipinski definition) is 9. The SMILES string of the molecule is Cc1c(Nc2nccc3cc(CN4CC[C@H](O)C4)cnc23)cccc1-c1cccc(-c2nc3cc(CN4CCC(C(=O)O)CC4)cc(Cl)c3o2)c1C. The van der Waals surface area contributed by atoms with E-state index >= 15 is 0 Å². The van der Waals surface area contributed by atoms with Crippen LogP contribution in [0, 0.1) is 19.8 Å². The first kappa shape index (κ1) is 34.2. The highest BCUT2D eigenvalue weighted by Gasteiger charge is 2.25. The van der Waals surface area contributed by atoms with Crippen LogP contribution in [0.25, 0.3) is 44.6 Å². The quantitative estimate of drug-likeness (QED) is 0.136. The number of piperidine rings is 1. The summed E-state index contributed by atoms with van der Waals surface area (Å²) in [4.78, 5) is 30.3. The second-order valence-electron chi connectivity index (χ2n) is 14.2. The van der Waals surface area contributed by atoms with Crippen molar-refractivity contribution in [1.82, 2.24) is 24.8 Å². The van der Waals surface area contributed by atoms with E-state index in [-0.39, 0.29) is 12.0 Å². The van der Waals surface area contributed by atoms with E-state index in [9.17, 15) is 15.0 Å². The summed E-state index contributed by atoms with van der Waals surface area (Å²) in [7, 11) is 0. The van der Waals surface area contributed by atoms with Crippen molar-refractivity contribution in [2.24, 2.45) is 5.92 Å². The number of β-amino-alcohol motifs (C(OH)–C–C–N with tert-alkyl or cyclic N) is 1. The van der Waals surface area contributed by atoms with Crippen molar-refractivity contribution in [3.63, 3.8) is 0 Å². The number of nitrogens with one attached hydrogen (secondary N) is 1. The van der Waals surface area contributed by atoms with Gasteiger partial charge in [-0.15, -0.1) is 0 Å². The molecule has 10 nitrogen and oxygen atoms in total. The molecule has 2 aliphatic heterocycles. The van der Waals surface area contributed by atoms with Crippen molar-refractivity contribution in [2.45, 2.75) is 52.3 Å². The number of anilines is 2. The van der Waals surface area contributed by atoms with Gasteiger partial charge in [0.05, 0.1) is 17.0 Å². The number of likely N-dealkylation sites (tertiary alicyclic amines) is 2. The molecule has 8 rings (SSSR count). The lowest BCUT2D eigenvalue weighted by Crippen LogP contribution is -2.35. The van der Waals surface area contributed by atoms with Gasteiger partial charge in [0.1, 0.15) is 11.0 Å². The molecule has 52 heavy (non-hydrogen) atoms. The van der Waals surface area contributed by atoms with E-state index in [0.717, 1.165) is 88.1 Å². The Morgan fingerprint density at radius 2 is 1.63 bits per heavy atom. The second kappa shape index (κ2) is 14.3. The van der Waals surface area contributed by atoms with Gasteiger partial charge in [-0.1, -0.05) is 35.9 Å². The third-order valence-corrected chi connectivity index (χ3v) is 10.9. The van der Waals surface area contributed by atoms with Gasteiger partial charge in [0.15, 0.2) is 11.4 Å². The Kier molecular flexibility index (Phi) is 9.40. The summed E-state index contributed by atoms with van der Waals surface area (Å²) >= 11 is 6.74. The van der Waals surface area contributed by atoms with Crippen LogP contribution in [0.15, 0.2) is 77.5 Å². The number of aliphatic carboxylic acids is 1. The molecule has 0 saturated carbocycles. The first-order valence-corrected chi connectivity index (χ1v) is 18.2. The van der Waals surface area contributed by atoms with Crippen molar-refractivity contribution in [3.05, 3.63) is 100 Å². The molecular formula is C41H41ClN6O4. The van der Waals surface area contributed by atoms with E-state index in [1.807, 2.05) is 48.8 Å². The van der Waals surface area contributed by atoms with Gasteiger partial charge in [-0.25, -0.2) is 9.97 Å². The maximum Gasteiger partial charge on any atom is 0.306 e. The lowest BCUT2D eigenvalue weighted by Gasteiger charge is -2.30. The first-order valence-electron chi connectivity index (χ1n) is 17.9. The fourth-order valence-electron chi connectivity index (χ4n) is 7.70. The Morgan fingerprint density at radius 1 is 0.904 bits per heavy atom. The molecule has 1 atom stereocenters. The Bertz CT molecular complexity index is 2300. The normalized spacial score (nSPS) is 17.3. The summed E-state index contributed by atoms with van der Waals surface area (Å²) in [6, 6.07) is 20.5. The third-order valence-electron chi connectivity index (χ3n) is 10.6. The number of fused-ring (bicyclic) bond motifs is 2. The van der Waals surface area contributed by atoms with Crippen LogP contribution in [0.4, 0.5) is 11.5 Å². The van der Waals surface area contributed by atoms with Gasteiger partial charge in [-0.2, -0.15) is 0 Å². The van der Waals surface area contributed by atoms with Crippen LogP contribution in [-0.4, -0.2) is 73.2 Å². The number of benzene rings is 3. The van der Waals surface area contributed by atoms with E-state index in [1.165, 1.54) is 0 Å². The van der Waals surface area contributed by atoms with Crippen molar-refractivity contribution in [1.29, 1.82) is 0 Å². The number of pyridine rings is 2. The molecule has 3 aromatic carbocycles. The van der Waals surface area contributed by atoms with Gasteiger partial charge < -0.3 is 19.9 Å². The predicted octanol–water partition coefficient (Wildman–Crippen LogP) is 7.98. The molecular weight excluding hydrogens is 676 g/mol. The van der Waals surface area contributed by atoms with Gasteiger partial charge in [0.25, 0.3) is 0 Å². The third kappa shape index (κ3) is 6.87. The zero-order valence-corrected chi connectivity index (χ0v) is 30.0. The highest BCUT2D eigenvalue weighted by Crippen LogP contribution is 2.38. The minimum absolute atomic E-state index is 0.247. The molecule has 0 bridgehead atoms. The van der Waals surface area contributed by atoms with Gasteiger partial charge in [-0.3, -0.25) is 19.6 Å². The molecule has 266 valence electrons. The number of nitrogens with zero attached hydrogens (tertiary/aromatic N) is 5. The van der Waals surface area contributed by atoms with Crippen LogP contribution in [0.5, 0.6) is 0 Å². The number of carbonyl (C=O) groups is 1. The van der Waals surface area contributed by atoms with E-state index in [0.29, 0.717) is 53.8 Å². The number of carboxylic acid groups (broad SMARTS) is 1. The average Bonchev–Trinajstić information content (AvgIpc) is 3.75. The molecule has 0 spiro atoms. The molecule has 0 amide bonds. The van der Waals surface area contributed by atoms with E-state index in [1.54, 1.807) is 0 Å². The maximum atomic E-state index is 11.4. The van der Waals surface area contributed by atoms with Crippen LogP contribution in [-0.2, 0) is 17.9 Å². The van der Waals surface area contributed by atoms with Crippen LogP contribution in [0.2, 0.25) is 5.02 Å². The topological polar surface area (TPSA) is 128 Å². The number of aliphatic hydroxyl groups is 1. The van der Waals surface area contributed by atoms with E-state index < -0.39 is 5.97 Å². The highest BCUT2D eigenvalue weighted by atomic mass is 35.5. The van der Waals surface area contributed by atoms with Crippen LogP contribution >= 0.6 is 11.6 Å². The van der Waals surface area contributed by atoms with Gasteiger partial charge in [-0.05, 0) is 116 Å². The largest absolute Gasteiger partial charge is 0.481 e. The van der Waals surface area contributed by atoms with Crippen molar-refractivity contribution >= 4 is 51.1 Å². The molecule has 5 heterocycles. The fraction of sp³-hybridized carbons (Fsp3) is 0.317. The van der Waals surface area contributed by atoms with Crippen molar-refractivity contribution in [3.8, 4) is 22.6 Å². The molecule has 11 heteroatoms. The molecule has 2 fully saturated rings. The van der Waals surface area contributed by atoms with Gasteiger partial charge in [0.2, 0.25) is 5.89 Å². The second-order valence-corrected chi connectivity index (χ2v) is 14.6. The number of hydrogen-bond donors (Lipinski definition) is 3. The number of rotatable bonds is 9. The summed E-state index contributed by atoms with van der Waals surface area (Å²) in [6.45, 7) is 8.70. The molecule has 6 aromatic rings. The lowest BCUT2D eigenvalue weighted by atomic mass is 9.93. The number of carboxylic acids is 1. The van der Waals surface area contributed by atoms with Gasteiger partial charge >= 0.3 is 5.97 Å². The molecule has 3 N–H and O–H groups in total. The number of halogens is 1. The van der Waals surface area contributed by atoms with Crippen LogP contribution < -0.4 is 5.32 Å². The predicted molar refractivity (Wildman–Crippen MR) is 204 cm³/mol. The molecule has 2 aliphatic rings. The minimum Gasteiger partial charge on any atom is -0.481 e. The molecule has 3 aromatic heterocycles. The minimum atomic E-state index is -0.709. The summed E-state index contributed by atoms with van der Waals surface area (Å²) in [5.41, 5.74) is 10.3. The van der Waals surface area contributed by atoms with Gasteiger partial charge in [0, 0.05) is 55.2 Å². The van der Waals surface area contributed by atoms with Crippen LogP contribution in [0.3, 0.4) is 0 Å². The van der Waals surface area contributed by atoms with E-state index in [2.05, 4.69) is 58.2 Å². The summed E-state index contributed by atoms with van der Waals surface area (Å²) in [5, 5.41) is 24.4. The summed E-state index contributed by atoms with van der Waals surface area (Å²) < 4.78 is 6.30. The number of aliphatic hydroxyl groups excluding tert-OH is 1. The standard InChI is InChI=1S/C41H41ClN6O4/c1-24-31(5-3-7-33(24)40-46-36-19-26(18-34(42)38(36)52-40)21-47-14-10-28(11-15-47)41(50)51)32-6-4-8-35(25(32)2)45-39-37-29(9-13-43-39)17-27(20-44-37)22-48-16-12-30(49)23-48/h3-9,13,17-20,28,30,49H,10-12,14-16,21-23H2,1-2H3,(H,43,45)(H,50,51)/t30-/m0/s1. The Labute approximate surface area is 307 Å². The summed E-state index contributed by atoms with van der Waals surface area (Å²) in [6.07, 6.45) is 5.58. The van der Waals surface area contributed by atoms with E-state index in [4.69, 9.17) is 26.0 Å². The Hall–Kier alpha value is -4.87. The van der Waals surface area contributed by atoms with Crippen molar-refractivity contribution < 1.29 is 19.4 Å². The lowest BCUT2D eigenvalue weighted by molar-refractivity contribution is -0.143. The van der Waals surface area contributed by atoms with Crippen molar-refractivity contribution in [2.75, 3.05) is 31.5 Å². The Morgan fingerprint density at radius 3 is 2.40 bits per heavy atom. The zero-order chi connectivity index (χ0) is 35.9. The number of oxazole rings is 1. The maximum absolute atomic E-state index is 11.4. The molecule has 0 radical (unpaired) electrons. The van der Waals surface area contributed by atoms with Crippen LogP contribution in [0.1, 0.15) is 41.5 Å².